The highest BCUT2D eigenvalue weighted by molar-refractivity contribution is 6.05. The number of hydrogen-bond acceptors (Lipinski definition) is 6. The van der Waals surface area contributed by atoms with E-state index >= 15 is 0 Å². The lowest BCUT2D eigenvalue weighted by molar-refractivity contribution is 0.0154. The Morgan fingerprint density at radius 2 is 2.06 bits per heavy atom. The van der Waals surface area contributed by atoms with Gasteiger partial charge in [0.05, 0.1) is 17.9 Å². The van der Waals surface area contributed by atoms with Gasteiger partial charge in [-0.15, -0.1) is 0 Å². The maximum absolute atomic E-state index is 13.0. The van der Waals surface area contributed by atoms with Gasteiger partial charge in [-0.05, 0) is 44.7 Å². The first-order valence-corrected chi connectivity index (χ1v) is 10.6. The van der Waals surface area contributed by atoms with E-state index in [9.17, 15) is 13.6 Å². The van der Waals surface area contributed by atoms with Crippen molar-refractivity contribution in [2.75, 3.05) is 11.9 Å². The van der Waals surface area contributed by atoms with Crippen LogP contribution >= 0.6 is 0 Å². The number of carbonyl (C=O) groups excluding carboxylic acids is 1. The van der Waals surface area contributed by atoms with Gasteiger partial charge < -0.3 is 14.8 Å². The Balaban J connectivity index is 1.34. The van der Waals surface area contributed by atoms with E-state index in [4.69, 9.17) is 14.5 Å². The van der Waals surface area contributed by atoms with E-state index in [-0.39, 0.29) is 34.4 Å². The van der Waals surface area contributed by atoms with E-state index in [1.165, 1.54) is 18.2 Å². The summed E-state index contributed by atoms with van der Waals surface area (Å²) >= 11 is 0. The SMILES string of the molecule is CC12CC(c3cn4cc(C(=O)Nc5cccc(C(F)F)n5)c(OC5CC5)nc4n3)(CO1)C2. The third-order valence-corrected chi connectivity index (χ3v) is 6.36. The predicted octanol–water partition coefficient (Wildman–Crippen LogP) is 3.68. The van der Waals surface area contributed by atoms with Crippen molar-refractivity contribution < 1.29 is 23.0 Å². The minimum absolute atomic E-state index is 0.0142. The molecule has 3 aromatic heterocycles. The van der Waals surface area contributed by atoms with Gasteiger partial charge in [-0.25, -0.2) is 18.7 Å². The average Bonchev–Trinajstić information content (AvgIpc) is 3.20. The molecular formula is C22H21F2N5O3. The van der Waals surface area contributed by atoms with Crippen molar-refractivity contribution in [1.82, 2.24) is 19.4 Å². The summed E-state index contributed by atoms with van der Waals surface area (Å²) in [5, 5.41) is 2.58. The first-order valence-electron chi connectivity index (χ1n) is 10.6. The summed E-state index contributed by atoms with van der Waals surface area (Å²) in [5.41, 5.74) is 0.490. The van der Waals surface area contributed by atoms with Gasteiger partial charge in [-0.3, -0.25) is 9.20 Å². The molecule has 0 unspecified atom stereocenters. The molecule has 2 aliphatic carbocycles. The third kappa shape index (κ3) is 3.21. The highest BCUT2D eigenvalue weighted by atomic mass is 19.3. The second-order valence-corrected chi connectivity index (χ2v) is 9.19. The molecule has 2 saturated carbocycles. The summed E-state index contributed by atoms with van der Waals surface area (Å²) in [6.07, 6.45) is 4.39. The number of fused-ring (bicyclic) bond motifs is 2. The average molecular weight is 441 g/mol. The number of amides is 1. The standard InChI is InChI=1S/C22H21F2N5O3/c1-21-9-22(10-21,11-31-21)15-8-29-7-13(19(28-20(29)26-15)32-12-5-6-12)18(30)27-16-4-2-3-14(25-16)17(23)24/h2-4,7-8,12,17H,5-6,9-11H2,1H3,(H,25,27,30). The van der Waals surface area contributed by atoms with Crippen molar-refractivity contribution in [1.29, 1.82) is 0 Å². The number of halogens is 2. The van der Waals surface area contributed by atoms with E-state index < -0.39 is 18.0 Å². The van der Waals surface area contributed by atoms with Crippen LogP contribution in [0.2, 0.25) is 0 Å². The smallest absolute Gasteiger partial charge is 0.280 e. The van der Waals surface area contributed by atoms with E-state index in [2.05, 4.69) is 22.2 Å². The lowest BCUT2D eigenvalue weighted by atomic mass is 9.62. The number of hydrogen-bond donors (Lipinski definition) is 1. The molecule has 0 atom stereocenters. The van der Waals surface area contributed by atoms with Crippen LogP contribution in [-0.4, -0.2) is 43.6 Å². The largest absolute Gasteiger partial charge is 0.474 e. The molecule has 10 heteroatoms. The van der Waals surface area contributed by atoms with Crippen molar-refractivity contribution in [3.05, 3.63) is 47.5 Å². The van der Waals surface area contributed by atoms with Crippen molar-refractivity contribution >= 4 is 17.5 Å². The summed E-state index contributed by atoms with van der Waals surface area (Å²) < 4.78 is 39.4. The molecule has 2 bridgehead atoms. The second-order valence-electron chi connectivity index (χ2n) is 9.19. The van der Waals surface area contributed by atoms with E-state index in [1.807, 2.05) is 6.20 Å². The minimum atomic E-state index is -2.73. The Kier molecular flexibility index (Phi) is 4.08. The van der Waals surface area contributed by atoms with Crippen LogP contribution in [0.25, 0.3) is 5.78 Å². The summed E-state index contributed by atoms with van der Waals surface area (Å²) in [4.78, 5) is 26.0. The lowest BCUT2D eigenvalue weighted by Gasteiger charge is -2.41. The highest BCUT2D eigenvalue weighted by Crippen LogP contribution is 2.58. The number of ether oxygens (including phenoxy) is 2. The molecule has 32 heavy (non-hydrogen) atoms. The maximum Gasteiger partial charge on any atom is 0.280 e. The third-order valence-electron chi connectivity index (χ3n) is 6.36. The number of rotatable bonds is 6. The number of imidazole rings is 1. The normalized spacial score (nSPS) is 26.4. The first-order chi connectivity index (χ1) is 15.3. The fraction of sp³-hybridized carbons (Fsp3) is 0.455. The van der Waals surface area contributed by atoms with E-state index in [0.29, 0.717) is 12.4 Å². The van der Waals surface area contributed by atoms with Crippen molar-refractivity contribution in [3.63, 3.8) is 0 Å². The molecular weight excluding hydrogens is 420 g/mol. The number of nitrogens with zero attached hydrogens (tertiary/aromatic N) is 4. The van der Waals surface area contributed by atoms with Gasteiger partial charge in [-0.2, -0.15) is 4.98 Å². The molecule has 5 heterocycles. The van der Waals surface area contributed by atoms with Gasteiger partial charge in [0.1, 0.15) is 23.2 Å². The highest BCUT2D eigenvalue weighted by Gasteiger charge is 2.61. The number of anilines is 1. The number of carbonyl (C=O) groups is 1. The molecule has 1 amide bonds. The zero-order chi connectivity index (χ0) is 22.1. The van der Waals surface area contributed by atoms with E-state index in [0.717, 1.165) is 31.4 Å². The number of pyridine rings is 1. The van der Waals surface area contributed by atoms with Crippen LogP contribution in [0.3, 0.4) is 0 Å². The summed E-state index contributed by atoms with van der Waals surface area (Å²) in [6.45, 7) is 2.73. The van der Waals surface area contributed by atoms with Gasteiger partial charge in [-0.1, -0.05) is 6.07 Å². The zero-order valence-electron chi connectivity index (χ0n) is 17.3. The molecule has 1 N–H and O–H groups in total. The molecule has 3 aromatic rings. The molecule has 166 valence electrons. The summed E-state index contributed by atoms with van der Waals surface area (Å²) in [7, 11) is 0. The first kappa shape index (κ1) is 19.5. The van der Waals surface area contributed by atoms with E-state index in [1.54, 1.807) is 10.6 Å². The molecule has 2 saturated heterocycles. The number of alkyl halides is 2. The Bertz CT molecular complexity index is 1230. The molecule has 0 radical (unpaired) electrons. The number of aromatic nitrogens is 4. The number of nitrogens with one attached hydrogen (secondary N) is 1. The van der Waals surface area contributed by atoms with Crippen LogP contribution in [0.15, 0.2) is 30.6 Å². The monoisotopic (exact) mass is 441 g/mol. The minimum Gasteiger partial charge on any atom is -0.474 e. The van der Waals surface area contributed by atoms with Crippen LogP contribution in [-0.2, 0) is 10.2 Å². The molecule has 2 aliphatic heterocycles. The molecule has 4 aliphatic rings. The van der Waals surface area contributed by atoms with Gasteiger partial charge in [0.2, 0.25) is 11.7 Å². The van der Waals surface area contributed by atoms with Gasteiger partial charge in [0.15, 0.2) is 0 Å². The van der Waals surface area contributed by atoms with Crippen LogP contribution in [0.1, 0.15) is 60.8 Å². The Morgan fingerprint density at radius 1 is 1.25 bits per heavy atom. The van der Waals surface area contributed by atoms with Crippen LogP contribution in [0, 0.1) is 0 Å². The Hall–Kier alpha value is -3.14. The topological polar surface area (TPSA) is 90.6 Å². The lowest BCUT2D eigenvalue weighted by Crippen LogP contribution is -2.45. The fourth-order valence-corrected chi connectivity index (χ4v) is 4.73. The molecule has 8 nitrogen and oxygen atoms in total. The van der Waals surface area contributed by atoms with Crippen LogP contribution < -0.4 is 10.1 Å². The molecule has 0 spiro atoms. The van der Waals surface area contributed by atoms with Gasteiger partial charge >= 0.3 is 0 Å². The van der Waals surface area contributed by atoms with Crippen LogP contribution in [0.5, 0.6) is 5.88 Å². The van der Waals surface area contributed by atoms with Crippen molar-refractivity contribution in [3.8, 4) is 5.88 Å². The summed E-state index contributed by atoms with van der Waals surface area (Å²) in [5.74, 6) is 0.119. The summed E-state index contributed by atoms with van der Waals surface area (Å²) in [6, 6.07) is 4.09. The van der Waals surface area contributed by atoms with Crippen LogP contribution in [0.4, 0.5) is 14.6 Å². The zero-order valence-corrected chi connectivity index (χ0v) is 17.3. The Morgan fingerprint density at radius 3 is 2.75 bits per heavy atom. The van der Waals surface area contributed by atoms with Gasteiger partial charge in [0, 0.05) is 17.8 Å². The second kappa shape index (κ2) is 6.68. The fourth-order valence-electron chi connectivity index (χ4n) is 4.73. The van der Waals surface area contributed by atoms with Crippen molar-refractivity contribution in [2.24, 2.45) is 0 Å². The quantitative estimate of drug-likeness (QED) is 0.628. The van der Waals surface area contributed by atoms with Gasteiger partial charge in [0.25, 0.3) is 12.3 Å². The molecule has 4 fully saturated rings. The predicted molar refractivity (Wildman–Crippen MR) is 109 cm³/mol. The Labute approximate surface area is 182 Å². The molecule has 0 aromatic carbocycles. The van der Waals surface area contributed by atoms with Crippen molar-refractivity contribution in [2.45, 2.75) is 56.2 Å². The maximum atomic E-state index is 13.0. The molecule has 7 rings (SSSR count).